The van der Waals surface area contributed by atoms with Crippen molar-refractivity contribution in [3.8, 4) is 0 Å². The van der Waals surface area contributed by atoms with Gasteiger partial charge in [0.15, 0.2) is 0 Å². The van der Waals surface area contributed by atoms with E-state index in [1.165, 1.54) is 5.56 Å². The normalized spacial score (nSPS) is 6.41. The van der Waals surface area contributed by atoms with E-state index in [0.29, 0.717) is 0 Å². The predicted octanol–water partition coefficient (Wildman–Crippen LogP) is 1.63. The average Bonchev–Trinajstić information content (AvgIpc) is 2.37. The Morgan fingerprint density at radius 2 is 1.24 bits per heavy atom. The van der Waals surface area contributed by atoms with Gasteiger partial charge in [0.2, 0.25) is 0 Å². The van der Waals surface area contributed by atoms with Crippen LogP contribution >= 0.6 is 0 Å². The molecule has 0 N–H and O–H groups in total. The molecule has 0 bridgehead atoms. The van der Waals surface area contributed by atoms with Gasteiger partial charge in [0, 0.05) is 23.9 Å². The van der Waals surface area contributed by atoms with Gasteiger partial charge in [-0.15, -0.1) is 0 Å². The zero-order valence-corrected chi connectivity index (χ0v) is 10.9. The SMILES string of the molecule is CN(C)Cc1ccccc1.[C-]#[O+].[C-]#[O+].[C-]#[O+].[Cr]. The summed E-state index contributed by atoms with van der Waals surface area (Å²) in [5.74, 6) is 0. The zero-order valence-electron chi connectivity index (χ0n) is 9.67. The molecular weight excluding hydrogens is 258 g/mol. The summed E-state index contributed by atoms with van der Waals surface area (Å²) in [6, 6.07) is 10.5. The van der Waals surface area contributed by atoms with Gasteiger partial charge in [-0.2, -0.15) is 0 Å². The van der Waals surface area contributed by atoms with Gasteiger partial charge in [0.05, 0.1) is 0 Å². The smallest absolute Gasteiger partial charge is 0 e. The molecule has 1 aromatic rings. The molecule has 4 nitrogen and oxygen atoms in total. The fraction of sp³-hybridized carbons (Fsp3) is 0.250. The first-order valence-corrected chi connectivity index (χ1v) is 4.09. The molecule has 1 aromatic carbocycles. The molecule has 0 fully saturated rings. The Morgan fingerprint density at radius 1 is 0.882 bits per heavy atom. The second-order valence-electron chi connectivity index (χ2n) is 2.72. The second-order valence-corrected chi connectivity index (χ2v) is 2.72. The Labute approximate surface area is 113 Å². The first kappa shape index (κ1) is 25.0. The fourth-order valence-corrected chi connectivity index (χ4v) is 0.949. The molecule has 0 saturated heterocycles. The molecule has 1 rings (SSSR count). The van der Waals surface area contributed by atoms with Crippen molar-refractivity contribution < 1.29 is 31.3 Å². The van der Waals surface area contributed by atoms with Gasteiger partial charge in [0.1, 0.15) is 0 Å². The van der Waals surface area contributed by atoms with E-state index in [4.69, 9.17) is 14.0 Å². The maximum Gasteiger partial charge on any atom is 0 e. The van der Waals surface area contributed by atoms with Crippen LogP contribution in [-0.2, 0) is 37.9 Å². The van der Waals surface area contributed by atoms with Crippen LogP contribution in [0.1, 0.15) is 5.56 Å². The summed E-state index contributed by atoms with van der Waals surface area (Å²) in [4.78, 5) is 2.16. The van der Waals surface area contributed by atoms with Gasteiger partial charge >= 0.3 is 33.9 Å². The van der Waals surface area contributed by atoms with E-state index in [1.807, 2.05) is 6.07 Å². The summed E-state index contributed by atoms with van der Waals surface area (Å²) >= 11 is 0. The number of hydrogen-bond acceptors (Lipinski definition) is 1. The van der Waals surface area contributed by atoms with Gasteiger partial charge in [0.25, 0.3) is 0 Å². The van der Waals surface area contributed by atoms with Crippen LogP contribution in [0.25, 0.3) is 0 Å². The minimum atomic E-state index is 0. The van der Waals surface area contributed by atoms with Gasteiger partial charge in [-0.3, -0.25) is 0 Å². The third-order valence-electron chi connectivity index (χ3n) is 1.34. The van der Waals surface area contributed by atoms with E-state index in [1.54, 1.807) is 0 Å². The minimum Gasteiger partial charge on any atom is 0 e. The van der Waals surface area contributed by atoms with E-state index >= 15 is 0 Å². The number of hydrogen-bond donors (Lipinski definition) is 0. The van der Waals surface area contributed by atoms with Gasteiger partial charge in [-0.05, 0) is 19.7 Å². The monoisotopic (exact) mass is 271 g/mol. The molecule has 5 heteroatoms. The Hall–Kier alpha value is -1.07. The number of benzene rings is 1. The predicted molar refractivity (Wildman–Crippen MR) is 55.6 cm³/mol. The minimum absolute atomic E-state index is 0. The number of nitrogens with zero attached hydrogens (tertiary/aromatic N) is 1. The first-order valence-electron chi connectivity index (χ1n) is 4.09. The molecular formula is C12H13CrNO3. The molecule has 0 unspecified atom stereocenters. The summed E-state index contributed by atoms with van der Waals surface area (Å²) in [6.07, 6.45) is 0. The van der Waals surface area contributed by atoms with E-state index in [0.717, 1.165) is 6.54 Å². The quantitative estimate of drug-likeness (QED) is 0.595. The van der Waals surface area contributed by atoms with Crippen molar-refractivity contribution in [1.29, 1.82) is 0 Å². The van der Waals surface area contributed by atoms with Gasteiger partial charge < -0.3 is 4.90 Å². The van der Waals surface area contributed by atoms with E-state index < -0.39 is 0 Å². The molecule has 0 atom stereocenters. The topological polar surface area (TPSA) is 62.9 Å². The van der Waals surface area contributed by atoms with E-state index in [-0.39, 0.29) is 17.4 Å². The summed E-state index contributed by atoms with van der Waals surface area (Å²) < 4.78 is 22.5. The van der Waals surface area contributed by atoms with Crippen molar-refractivity contribution in [1.82, 2.24) is 4.90 Å². The van der Waals surface area contributed by atoms with Crippen molar-refractivity contribution >= 4 is 0 Å². The Balaban J connectivity index is -0.000000106. The third kappa shape index (κ3) is 20.9. The number of rotatable bonds is 2. The molecule has 0 heterocycles. The van der Waals surface area contributed by atoms with Crippen molar-refractivity contribution in [2.24, 2.45) is 0 Å². The van der Waals surface area contributed by atoms with Crippen molar-refractivity contribution in [3.05, 3.63) is 55.8 Å². The molecule has 0 saturated carbocycles. The van der Waals surface area contributed by atoms with Gasteiger partial charge in [-0.1, -0.05) is 30.3 Å². The second kappa shape index (κ2) is 24.3. The van der Waals surface area contributed by atoms with Crippen LogP contribution in [0.2, 0.25) is 0 Å². The Kier molecular flexibility index (Phi) is 35.6. The Bertz CT molecular complexity index is 279. The summed E-state index contributed by atoms with van der Waals surface area (Å²) in [7, 11) is 4.15. The maximum atomic E-state index is 7.50. The van der Waals surface area contributed by atoms with Crippen LogP contribution in [0.3, 0.4) is 0 Å². The molecule has 0 radical (unpaired) electrons. The van der Waals surface area contributed by atoms with E-state index in [9.17, 15) is 0 Å². The molecule has 0 aromatic heterocycles. The molecule has 0 aliphatic carbocycles. The molecule has 0 amide bonds. The van der Waals surface area contributed by atoms with E-state index in [2.05, 4.69) is 63.2 Å². The molecule has 0 spiro atoms. The van der Waals surface area contributed by atoms with Crippen LogP contribution in [0.5, 0.6) is 0 Å². The molecule has 0 aliphatic heterocycles. The average molecular weight is 271 g/mol. The summed E-state index contributed by atoms with van der Waals surface area (Å²) in [6.45, 7) is 14.5. The van der Waals surface area contributed by atoms with Crippen molar-refractivity contribution in [2.45, 2.75) is 6.54 Å². The van der Waals surface area contributed by atoms with Crippen LogP contribution in [0.15, 0.2) is 30.3 Å². The molecule has 90 valence electrons. The third-order valence-corrected chi connectivity index (χ3v) is 1.34. The molecule has 0 aliphatic rings. The van der Waals surface area contributed by atoms with Crippen LogP contribution < -0.4 is 0 Å². The standard InChI is InChI=1S/C9H13N.3CO.Cr/c1-10(2)8-9-6-4-3-5-7-9;3*1-2;/h3-7H,8H2,1-2H3;;;;. The van der Waals surface area contributed by atoms with Crippen molar-refractivity contribution in [2.75, 3.05) is 14.1 Å². The molecule has 17 heavy (non-hydrogen) atoms. The van der Waals surface area contributed by atoms with Crippen molar-refractivity contribution in [3.63, 3.8) is 0 Å². The Morgan fingerprint density at radius 3 is 1.53 bits per heavy atom. The maximum absolute atomic E-state index is 7.50. The fourth-order valence-electron chi connectivity index (χ4n) is 0.949. The van der Waals surface area contributed by atoms with Crippen LogP contribution in [0.4, 0.5) is 0 Å². The summed E-state index contributed by atoms with van der Waals surface area (Å²) in [5, 5.41) is 0. The van der Waals surface area contributed by atoms with Crippen LogP contribution in [0, 0.1) is 20.0 Å². The van der Waals surface area contributed by atoms with Gasteiger partial charge in [-0.25, -0.2) is 0 Å². The zero-order chi connectivity index (χ0) is 13.4. The first-order chi connectivity index (χ1) is 7.79. The largest absolute Gasteiger partial charge is 0 e. The summed E-state index contributed by atoms with van der Waals surface area (Å²) in [5.41, 5.74) is 1.37. The van der Waals surface area contributed by atoms with Crippen LogP contribution in [-0.4, -0.2) is 19.0 Å².